The summed E-state index contributed by atoms with van der Waals surface area (Å²) in [6.45, 7) is 11.5. The molecule has 2 heterocycles. The molecule has 2 fully saturated rings. The van der Waals surface area contributed by atoms with Crippen LogP contribution in [0.4, 0.5) is 10.1 Å². The average Bonchev–Trinajstić information content (AvgIpc) is 0.823. The van der Waals surface area contributed by atoms with Crippen molar-refractivity contribution in [3.05, 3.63) is 258 Å². The Kier molecular flexibility index (Phi) is 20.1. The zero-order valence-corrected chi connectivity index (χ0v) is 51.9. The second kappa shape index (κ2) is 28.0. The number of esters is 1. The van der Waals surface area contributed by atoms with E-state index >= 15 is 0 Å². The minimum atomic E-state index is -4.19. The van der Waals surface area contributed by atoms with Crippen LogP contribution in [0.5, 0.6) is 5.75 Å². The summed E-state index contributed by atoms with van der Waals surface area (Å²) in [7, 11) is -5.27. The number of hydrogen-bond acceptors (Lipinski definition) is 11. The molecule has 0 N–H and O–H groups in total. The number of rotatable bonds is 25. The molecular formula is C72H76FNO11SSi. The quantitative estimate of drug-likeness (QED) is 0.0307. The van der Waals surface area contributed by atoms with Crippen molar-refractivity contribution in [3.63, 3.8) is 0 Å². The van der Waals surface area contributed by atoms with Crippen molar-refractivity contribution in [1.29, 1.82) is 0 Å². The van der Waals surface area contributed by atoms with Crippen LogP contribution >= 0.6 is 0 Å². The van der Waals surface area contributed by atoms with Crippen LogP contribution in [-0.4, -0.2) is 72.0 Å². The predicted molar refractivity (Wildman–Crippen MR) is 337 cm³/mol. The number of benzene rings is 8. The molecule has 0 saturated carbocycles. The second-order valence-electron chi connectivity index (χ2n) is 23.8. The fourth-order valence-corrected chi connectivity index (χ4v) is 13.9. The highest BCUT2D eigenvalue weighted by molar-refractivity contribution is 7.91. The first-order valence-electron chi connectivity index (χ1n) is 29.6. The molecule has 15 heteroatoms. The normalized spacial score (nSPS) is 20.1. The third-order valence-corrected chi connectivity index (χ3v) is 23.1. The summed E-state index contributed by atoms with van der Waals surface area (Å²) in [6.07, 6.45) is -5.10. The molecule has 452 valence electrons. The zero-order chi connectivity index (χ0) is 61.1. The van der Waals surface area contributed by atoms with Gasteiger partial charge >= 0.3 is 5.97 Å². The number of anilines is 1. The van der Waals surface area contributed by atoms with Crippen molar-refractivity contribution in [1.82, 2.24) is 0 Å². The van der Waals surface area contributed by atoms with Gasteiger partial charge < -0.3 is 37.7 Å². The first kappa shape index (κ1) is 62.4. The molecule has 0 spiro atoms. The average molecular weight is 1210 g/mol. The standard InChI is InChI=1S/C72H76FNO11SSi/c1-72(2,3)87(5,6)85-62(55-32-37-57(73)38-33-55)43-42-61-65(74(70(61)75)58-30-20-11-21-31-58)60-41-36-56(44-63(60)80-45-50-22-12-7-13-23-50)54-34-39-59(40-35-54)86(77,78)49-64-66(81-46-51-24-14-8-15-25-51)67(82-47-52-26-16-9-17-27-52)68(69(84-64)71(76)79-4)83-48-53-28-18-10-19-29-53/h7-41,44,61-62,64-69H,42-43,45-49H2,1-6H3/t61-,62-,64?,65-,66+,67-,68-,69?/m1/s1. The van der Waals surface area contributed by atoms with E-state index in [9.17, 15) is 22.4 Å². The van der Waals surface area contributed by atoms with Crippen LogP contribution < -0.4 is 9.64 Å². The predicted octanol–water partition coefficient (Wildman–Crippen LogP) is 14.8. The van der Waals surface area contributed by atoms with Gasteiger partial charge in [0.2, 0.25) is 5.91 Å². The fraction of sp³-hybridized carbons (Fsp3) is 0.306. The van der Waals surface area contributed by atoms with E-state index in [0.29, 0.717) is 24.2 Å². The molecular weight excluding hydrogens is 1130 g/mol. The monoisotopic (exact) mass is 1210 g/mol. The number of ether oxygens (including phenoxy) is 6. The van der Waals surface area contributed by atoms with E-state index in [-0.39, 0.29) is 54.2 Å². The van der Waals surface area contributed by atoms with Gasteiger partial charge in [0.05, 0.1) is 55.6 Å². The van der Waals surface area contributed by atoms with Gasteiger partial charge in [-0.3, -0.25) is 4.79 Å². The maximum absolute atomic E-state index is 14.9. The number of β-lactam (4-membered cyclic amide) rings is 1. The Bertz CT molecular complexity index is 3640. The van der Waals surface area contributed by atoms with Crippen molar-refractivity contribution in [2.75, 3.05) is 17.8 Å². The van der Waals surface area contributed by atoms with Crippen LogP contribution in [0.3, 0.4) is 0 Å². The van der Waals surface area contributed by atoms with E-state index in [0.717, 1.165) is 44.6 Å². The van der Waals surface area contributed by atoms with Gasteiger partial charge in [0, 0.05) is 11.3 Å². The van der Waals surface area contributed by atoms with E-state index in [1.165, 1.54) is 19.2 Å². The molecule has 0 radical (unpaired) electrons. The van der Waals surface area contributed by atoms with E-state index in [1.54, 1.807) is 36.4 Å². The first-order valence-corrected chi connectivity index (χ1v) is 34.2. The van der Waals surface area contributed by atoms with Crippen LogP contribution in [0.1, 0.15) is 79.1 Å². The van der Waals surface area contributed by atoms with Crippen molar-refractivity contribution in [2.24, 2.45) is 5.92 Å². The van der Waals surface area contributed by atoms with Gasteiger partial charge in [-0.2, -0.15) is 0 Å². The van der Waals surface area contributed by atoms with E-state index in [4.69, 9.17) is 32.8 Å². The van der Waals surface area contributed by atoms with Crippen LogP contribution in [0.2, 0.25) is 18.1 Å². The Hall–Kier alpha value is -7.60. The molecule has 2 aliphatic heterocycles. The highest BCUT2D eigenvalue weighted by Gasteiger charge is 2.53. The van der Waals surface area contributed by atoms with Crippen LogP contribution in [0, 0.1) is 11.7 Å². The lowest BCUT2D eigenvalue weighted by Gasteiger charge is -2.48. The Labute approximate surface area is 512 Å². The summed E-state index contributed by atoms with van der Waals surface area (Å²) in [5.74, 6) is -1.56. The Morgan fingerprint density at radius 3 is 1.64 bits per heavy atom. The topological polar surface area (TPSA) is 136 Å². The smallest absolute Gasteiger partial charge is 0.337 e. The number of carbonyl (C=O) groups excluding carboxylic acids is 2. The summed E-state index contributed by atoms with van der Waals surface area (Å²) in [6, 6.07) is 66.7. The number of hydrogen-bond donors (Lipinski definition) is 0. The SMILES string of the molecule is COC(=O)C1OC(CS(=O)(=O)c2ccc(-c3ccc([C@@H]4[C@@H](CC[C@@H](O[Si](C)(C)C(C)(C)C)c5ccc(F)cc5)C(=O)N4c4ccccc4)c(OCc4ccccc4)c3)cc2)[C@H](OCc2ccccc2)[C@@H](OCc2ccccc2)[C@H]1OCc1ccccc1. The van der Waals surface area contributed by atoms with Gasteiger partial charge in [-0.05, 0) is 112 Å². The van der Waals surface area contributed by atoms with Crippen LogP contribution in [0.15, 0.2) is 223 Å². The molecule has 2 aliphatic rings. The number of para-hydroxylation sites is 1. The van der Waals surface area contributed by atoms with E-state index in [2.05, 4.69) is 33.9 Å². The van der Waals surface area contributed by atoms with Gasteiger partial charge in [0.25, 0.3) is 0 Å². The summed E-state index contributed by atoms with van der Waals surface area (Å²) in [4.78, 5) is 30.4. The highest BCUT2D eigenvalue weighted by Crippen LogP contribution is 2.51. The van der Waals surface area contributed by atoms with Crippen LogP contribution in [0.25, 0.3) is 11.1 Å². The number of carbonyl (C=O) groups is 2. The zero-order valence-electron chi connectivity index (χ0n) is 50.1. The molecule has 8 atom stereocenters. The molecule has 12 nitrogen and oxygen atoms in total. The molecule has 8 aromatic rings. The highest BCUT2D eigenvalue weighted by atomic mass is 32.2. The van der Waals surface area contributed by atoms with E-state index in [1.807, 2.05) is 175 Å². The molecule has 1 amide bonds. The summed E-state index contributed by atoms with van der Waals surface area (Å²) >= 11 is 0. The molecule has 0 bridgehead atoms. The number of nitrogens with zero attached hydrogens (tertiary/aromatic N) is 1. The largest absolute Gasteiger partial charge is 0.489 e. The molecule has 87 heavy (non-hydrogen) atoms. The molecule has 2 saturated heterocycles. The minimum Gasteiger partial charge on any atom is -0.489 e. The van der Waals surface area contributed by atoms with E-state index < -0.39 is 72.4 Å². The third-order valence-electron chi connectivity index (χ3n) is 16.9. The van der Waals surface area contributed by atoms with Gasteiger partial charge in [-0.1, -0.05) is 197 Å². The molecule has 0 aromatic heterocycles. The first-order chi connectivity index (χ1) is 42.0. The molecule has 0 aliphatic carbocycles. The third kappa shape index (κ3) is 15.2. The molecule has 10 rings (SSSR count). The lowest BCUT2D eigenvalue weighted by atomic mass is 9.77. The Balaban J connectivity index is 0.962. The summed E-state index contributed by atoms with van der Waals surface area (Å²) in [5.41, 5.74) is 7.38. The number of sulfone groups is 1. The molecule has 2 unspecified atom stereocenters. The number of halogens is 1. The fourth-order valence-electron chi connectivity index (χ4n) is 11.1. The maximum atomic E-state index is 14.9. The van der Waals surface area contributed by atoms with Gasteiger partial charge in [0.15, 0.2) is 24.3 Å². The molecule has 8 aromatic carbocycles. The van der Waals surface area contributed by atoms with Crippen molar-refractivity contribution in [3.8, 4) is 16.9 Å². The summed E-state index contributed by atoms with van der Waals surface area (Å²) in [5, 5.41) is -0.0966. The lowest BCUT2D eigenvalue weighted by molar-refractivity contribution is -0.261. The van der Waals surface area contributed by atoms with Gasteiger partial charge in [0.1, 0.15) is 42.6 Å². The second-order valence-corrected chi connectivity index (χ2v) is 30.6. The van der Waals surface area contributed by atoms with Gasteiger partial charge in [-0.15, -0.1) is 0 Å². The van der Waals surface area contributed by atoms with Crippen molar-refractivity contribution >= 4 is 35.7 Å². The Morgan fingerprint density at radius 1 is 0.621 bits per heavy atom. The number of amides is 1. The Morgan fingerprint density at radius 2 is 1.11 bits per heavy atom. The minimum absolute atomic E-state index is 0.0220. The summed E-state index contributed by atoms with van der Waals surface area (Å²) < 4.78 is 90.0. The lowest BCUT2D eigenvalue weighted by Crippen LogP contribution is -2.63. The van der Waals surface area contributed by atoms with Crippen molar-refractivity contribution in [2.45, 2.75) is 126 Å². The van der Waals surface area contributed by atoms with Crippen LogP contribution in [-0.2, 0) is 74.0 Å². The maximum Gasteiger partial charge on any atom is 0.337 e. The van der Waals surface area contributed by atoms with Gasteiger partial charge in [-0.25, -0.2) is 17.6 Å². The van der Waals surface area contributed by atoms with Crippen molar-refractivity contribution < 1.29 is 55.2 Å². The number of methoxy groups -OCH3 is 1.